The molecule has 2 rings (SSSR count). The van der Waals surface area contributed by atoms with Gasteiger partial charge in [0.15, 0.2) is 0 Å². The van der Waals surface area contributed by atoms with Gasteiger partial charge in [0.05, 0.1) is 4.90 Å². The summed E-state index contributed by atoms with van der Waals surface area (Å²) >= 11 is 1.56. The van der Waals surface area contributed by atoms with Gasteiger partial charge in [-0.1, -0.05) is 19.1 Å². The summed E-state index contributed by atoms with van der Waals surface area (Å²) < 4.78 is 27.2. The van der Waals surface area contributed by atoms with Gasteiger partial charge in [-0.25, -0.2) is 13.1 Å². The molecule has 0 amide bonds. The summed E-state index contributed by atoms with van der Waals surface area (Å²) in [6.45, 7) is 4.03. The third-order valence-corrected chi connectivity index (χ3v) is 5.14. The Balaban J connectivity index is 2.03. The third kappa shape index (κ3) is 4.93. The van der Waals surface area contributed by atoms with E-state index >= 15 is 0 Å². The van der Waals surface area contributed by atoms with Gasteiger partial charge in [-0.05, 0) is 53.1 Å². The minimum absolute atomic E-state index is 0.313. The Morgan fingerprint density at radius 3 is 2.71 bits per heavy atom. The molecule has 21 heavy (non-hydrogen) atoms. The molecule has 0 saturated heterocycles. The van der Waals surface area contributed by atoms with E-state index in [1.807, 2.05) is 22.9 Å². The fourth-order valence-electron chi connectivity index (χ4n) is 1.89. The molecule has 0 aliphatic heterocycles. The van der Waals surface area contributed by atoms with Crippen molar-refractivity contribution in [2.45, 2.75) is 31.3 Å². The maximum atomic E-state index is 12.3. The lowest BCUT2D eigenvalue weighted by atomic mass is 10.2. The summed E-state index contributed by atoms with van der Waals surface area (Å²) in [4.78, 5) is 0.313. The summed E-state index contributed by atoms with van der Waals surface area (Å²) in [5.41, 5.74) is 1.95. The number of thiophene rings is 1. The Hall–Kier alpha value is -1.21. The molecule has 0 unspecified atom stereocenters. The number of sulfonamides is 1. The van der Waals surface area contributed by atoms with Crippen LogP contribution in [0.1, 0.15) is 24.5 Å². The highest BCUT2D eigenvalue weighted by atomic mass is 32.2. The van der Waals surface area contributed by atoms with Crippen LogP contribution in [-0.4, -0.2) is 15.0 Å². The fraction of sp³-hybridized carbons (Fsp3) is 0.333. The van der Waals surface area contributed by atoms with Crippen LogP contribution < -0.4 is 10.0 Å². The Morgan fingerprint density at radius 1 is 1.14 bits per heavy atom. The van der Waals surface area contributed by atoms with Crippen LogP contribution in [0, 0.1) is 0 Å². The Morgan fingerprint density at radius 2 is 2.00 bits per heavy atom. The van der Waals surface area contributed by atoms with Gasteiger partial charge in [0.2, 0.25) is 10.0 Å². The third-order valence-electron chi connectivity index (χ3n) is 3.01. The van der Waals surface area contributed by atoms with E-state index < -0.39 is 10.0 Å². The quantitative estimate of drug-likeness (QED) is 0.734. The fourth-order valence-corrected chi connectivity index (χ4v) is 3.64. The largest absolute Gasteiger partial charge is 0.313 e. The van der Waals surface area contributed by atoms with E-state index in [1.165, 1.54) is 0 Å². The molecule has 0 fully saturated rings. The Kier molecular flexibility index (Phi) is 5.93. The summed E-state index contributed by atoms with van der Waals surface area (Å²) in [5.74, 6) is 0. The predicted octanol–water partition coefficient (Wildman–Crippen LogP) is 2.73. The first kappa shape index (κ1) is 16.2. The molecular formula is C15H20N2O2S2. The lowest BCUT2D eigenvalue weighted by molar-refractivity contribution is 0.581. The van der Waals surface area contributed by atoms with Crippen LogP contribution in [0.4, 0.5) is 0 Å². The van der Waals surface area contributed by atoms with E-state index in [-0.39, 0.29) is 0 Å². The van der Waals surface area contributed by atoms with Crippen molar-refractivity contribution in [3.05, 3.63) is 52.2 Å². The van der Waals surface area contributed by atoms with Crippen molar-refractivity contribution < 1.29 is 8.42 Å². The van der Waals surface area contributed by atoms with Crippen LogP contribution in [0.15, 0.2) is 46.0 Å². The van der Waals surface area contributed by atoms with E-state index in [0.29, 0.717) is 18.0 Å². The van der Waals surface area contributed by atoms with Crippen molar-refractivity contribution in [3.63, 3.8) is 0 Å². The van der Waals surface area contributed by atoms with Crippen molar-refractivity contribution in [1.82, 2.24) is 10.0 Å². The molecule has 1 aromatic carbocycles. The molecule has 0 aliphatic carbocycles. The lowest BCUT2D eigenvalue weighted by Crippen LogP contribution is -2.23. The standard InChI is InChI=1S/C15H20N2O2S2/c1-2-7-16-10-13-4-3-5-15(9-13)21(18,19)17-11-14-6-8-20-12-14/h3-6,8-9,12,16-17H,2,7,10-11H2,1H3. The summed E-state index contributed by atoms with van der Waals surface area (Å²) in [7, 11) is -3.46. The van der Waals surface area contributed by atoms with Gasteiger partial charge < -0.3 is 5.32 Å². The number of benzene rings is 1. The predicted molar refractivity (Wildman–Crippen MR) is 86.8 cm³/mol. The molecule has 1 heterocycles. The van der Waals surface area contributed by atoms with Crippen LogP contribution >= 0.6 is 11.3 Å². The van der Waals surface area contributed by atoms with Gasteiger partial charge >= 0.3 is 0 Å². The van der Waals surface area contributed by atoms with E-state index in [2.05, 4.69) is 17.0 Å². The van der Waals surface area contributed by atoms with Gasteiger partial charge in [0.25, 0.3) is 0 Å². The van der Waals surface area contributed by atoms with Crippen LogP contribution in [-0.2, 0) is 23.1 Å². The van der Waals surface area contributed by atoms with Gasteiger partial charge in [0, 0.05) is 13.1 Å². The van der Waals surface area contributed by atoms with Crippen molar-refractivity contribution in [3.8, 4) is 0 Å². The second-order valence-corrected chi connectivity index (χ2v) is 7.33. The highest BCUT2D eigenvalue weighted by Crippen LogP contribution is 2.13. The van der Waals surface area contributed by atoms with Gasteiger partial charge in [-0.3, -0.25) is 0 Å². The number of rotatable bonds is 8. The lowest BCUT2D eigenvalue weighted by Gasteiger charge is -2.08. The second kappa shape index (κ2) is 7.70. The monoisotopic (exact) mass is 324 g/mol. The number of hydrogen-bond donors (Lipinski definition) is 2. The van der Waals surface area contributed by atoms with Gasteiger partial charge in [0.1, 0.15) is 0 Å². The molecule has 6 heteroatoms. The molecule has 2 aromatic rings. The van der Waals surface area contributed by atoms with E-state index in [0.717, 1.165) is 24.1 Å². The summed E-state index contributed by atoms with van der Waals surface area (Å²) in [6, 6.07) is 8.97. The zero-order valence-electron chi connectivity index (χ0n) is 12.0. The molecule has 1 aromatic heterocycles. The first-order valence-electron chi connectivity index (χ1n) is 6.92. The van der Waals surface area contributed by atoms with Gasteiger partial charge in [-0.15, -0.1) is 0 Å². The van der Waals surface area contributed by atoms with Crippen LogP contribution in [0.5, 0.6) is 0 Å². The molecule has 0 aliphatic rings. The smallest absolute Gasteiger partial charge is 0.240 e. The second-order valence-electron chi connectivity index (χ2n) is 4.78. The molecular weight excluding hydrogens is 304 g/mol. The van der Waals surface area contributed by atoms with E-state index in [4.69, 9.17) is 0 Å². The van der Waals surface area contributed by atoms with Crippen LogP contribution in [0.3, 0.4) is 0 Å². The van der Waals surface area contributed by atoms with Crippen molar-refractivity contribution in [2.24, 2.45) is 0 Å². The Labute approximate surface area is 130 Å². The average Bonchev–Trinajstić information content (AvgIpc) is 2.99. The number of nitrogens with one attached hydrogen (secondary N) is 2. The average molecular weight is 324 g/mol. The summed E-state index contributed by atoms with van der Waals surface area (Å²) in [6.07, 6.45) is 1.06. The molecule has 0 radical (unpaired) electrons. The van der Waals surface area contributed by atoms with E-state index in [1.54, 1.807) is 29.5 Å². The first-order valence-corrected chi connectivity index (χ1v) is 9.35. The molecule has 114 valence electrons. The minimum atomic E-state index is -3.46. The highest BCUT2D eigenvalue weighted by Gasteiger charge is 2.14. The molecule has 4 nitrogen and oxygen atoms in total. The van der Waals surface area contributed by atoms with Crippen molar-refractivity contribution >= 4 is 21.4 Å². The highest BCUT2D eigenvalue weighted by molar-refractivity contribution is 7.89. The topological polar surface area (TPSA) is 58.2 Å². The van der Waals surface area contributed by atoms with Crippen molar-refractivity contribution in [2.75, 3.05) is 6.54 Å². The zero-order valence-corrected chi connectivity index (χ0v) is 13.6. The summed E-state index contributed by atoms with van der Waals surface area (Å²) in [5, 5.41) is 7.14. The minimum Gasteiger partial charge on any atom is -0.313 e. The molecule has 0 atom stereocenters. The molecule has 0 spiro atoms. The SMILES string of the molecule is CCCNCc1cccc(S(=O)(=O)NCc2ccsc2)c1. The number of hydrogen-bond acceptors (Lipinski definition) is 4. The zero-order chi connectivity index (χ0) is 15.1. The van der Waals surface area contributed by atoms with E-state index in [9.17, 15) is 8.42 Å². The van der Waals surface area contributed by atoms with Crippen molar-refractivity contribution in [1.29, 1.82) is 0 Å². The maximum Gasteiger partial charge on any atom is 0.240 e. The maximum absolute atomic E-state index is 12.3. The molecule has 2 N–H and O–H groups in total. The molecule has 0 bridgehead atoms. The van der Waals surface area contributed by atoms with Crippen LogP contribution in [0.25, 0.3) is 0 Å². The van der Waals surface area contributed by atoms with Crippen LogP contribution in [0.2, 0.25) is 0 Å². The van der Waals surface area contributed by atoms with Gasteiger partial charge in [-0.2, -0.15) is 11.3 Å². The molecule has 0 saturated carbocycles. The first-order chi connectivity index (χ1) is 10.1. The normalized spacial score (nSPS) is 11.7. The Bertz CT molecular complexity index is 652.